The zero-order valence-electron chi connectivity index (χ0n) is 13.7. The summed E-state index contributed by atoms with van der Waals surface area (Å²) >= 11 is 0. The van der Waals surface area contributed by atoms with Crippen molar-refractivity contribution >= 4 is 17.6 Å². The molecule has 0 aromatic carbocycles. The SMILES string of the molecule is Cc1nn(CCC(=O)NC(CC(C)C)C(=O)O)c(C)c1[N+](=O)[O-]. The Hall–Kier alpha value is -2.45. The molecule has 9 nitrogen and oxygen atoms in total. The van der Waals surface area contributed by atoms with Crippen molar-refractivity contribution in [3.8, 4) is 0 Å². The van der Waals surface area contributed by atoms with Gasteiger partial charge in [0, 0.05) is 6.42 Å². The lowest BCUT2D eigenvalue weighted by Crippen LogP contribution is -2.41. The van der Waals surface area contributed by atoms with E-state index in [0.29, 0.717) is 12.1 Å². The fraction of sp³-hybridized carbons (Fsp3) is 0.643. The second-order valence-corrected chi connectivity index (χ2v) is 5.84. The van der Waals surface area contributed by atoms with Crippen molar-refractivity contribution in [1.29, 1.82) is 0 Å². The average molecular weight is 326 g/mol. The second-order valence-electron chi connectivity index (χ2n) is 5.84. The summed E-state index contributed by atoms with van der Waals surface area (Å²) in [4.78, 5) is 33.4. The monoisotopic (exact) mass is 326 g/mol. The van der Waals surface area contributed by atoms with E-state index in [-0.39, 0.29) is 30.3 Å². The number of hydrogen-bond donors (Lipinski definition) is 2. The van der Waals surface area contributed by atoms with Gasteiger partial charge in [0.15, 0.2) is 0 Å². The molecule has 128 valence electrons. The van der Waals surface area contributed by atoms with Gasteiger partial charge in [0.25, 0.3) is 0 Å². The highest BCUT2D eigenvalue weighted by molar-refractivity contribution is 5.83. The largest absolute Gasteiger partial charge is 0.480 e. The van der Waals surface area contributed by atoms with E-state index in [4.69, 9.17) is 5.11 Å². The molecule has 9 heteroatoms. The summed E-state index contributed by atoms with van der Waals surface area (Å²) < 4.78 is 1.39. The first-order valence-corrected chi connectivity index (χ1v) is 7.34. The summed E-state index contributed by atoms with van der Waals surface area (Å²) in [6, 6.07) is -0.933. The van der Waals surface area contributed by atoms with Crippen LogP contribution in [0.15, 0.2) is 0 Å². The number of carbonyl (C=O) groups is 2. The Labute approximate surface area is 133 Å². The highest BCUT2D eigenvalue weighted by Crippen LogP contribution is 2.21. The maximum Gasteiger partial charge on any atom is 0.326 e. The topological polar surface area (TPSA) is 127 Å². The number of amides is 1. The third-order valence-corrected chi connectivity index (χ3v) is 3.42. The van der Waals surface area contributed by atoms with E-state index >= 15 is 0 Å². The minimum Gasteiger partial charge on any atom is -0.480 e. The Morgan fingerprint density at radius 2 is 2.00 bits per heavy atom. The van der Waals surface area contributed by atoms with Crippen LogP contribution in [0.3, 0.4) is 0 Å². The smallest absolute Gasteiger partial charge is 0.326 e. The Morgan fingerprint density at radius 1 is 1.39 bits per heavy atom. The van der Waals surface area contributed by atoms with Crippen molar-refractivity contribution in [3.63, 3.8) is 0 Å². The van der Waals surface area contributed by atoms with Gasteiger partial charge in [0.05, 0.1) is 11.5 Å². The Morgan fingerprint density at radius 3 is 2.43 bits per heavy atom. The van der Waals surface area contributed by atoms with Crippen molar-refractivity contribution in [2.24, 2.45) is 5.92 Å². The molecule has 0 fully saturated rings. The molecule has 0 saturated heterocycles. The lowest BCUT2D eigenvalue weighted by molar-refractivity contribution is -0.386. The number of carbonyl (C=O) groups excluding carboxylic acids is 1. The molecule has 0 saturated carbocycles. The van der Waals surface area contributed by atoms with Crippen LogP contribution in [0.25, 0.3) is 0 Å². The summed E-state index contributed by atoms with van der Waals surface area (Å²) in [5.74, 6) is -1.36. The highest BCUT2D eigenvalue weighted by atomic mass is 16.6. The number of carboxylic acid groups (broad SMARTS) is 1. The Kier molecular flexibility index (Phi) is 6.23. The number of aromatic nitrogens is 2. The van der Waals surface area contributed by atoms with Gasteiger partial charge in [-0.3, -0.25) is 19.6 Å². The number of nitrogens with zero attached hydrogens (tertiary/aromatic N) is 3. The molecule has 1 aromatic rings. The Bertz CT molecular complexity index is 609. The van der Waals surface area contributed by atoms with Gasteiger partial charge in [-0.2, -0.15) is 5.10 Å². The third-order valence-electron chi connectivity index (χ3n) is 3.42. The average Bonchev–Trinajstić information content (AvgIpc) is 2.69. The zero-order chi connectivity index (χ0) is 17.7. The van der Waals surface area contributed by atoms with Crippen LogP contribution in [0.5, 0.6) is 0 Å². The molecule has 0 aliphatic rings. The number of rotatable bonds is 8. The van der Waals surface area contributed by atoms with Gasteiger partial charge >= 0.3 is 11.7 Å². The summed E-state index contributed by atoms with van der Waals surface area (Å²) in [6.45, 7) is 6.99. The fourth-order valence-corrected chi connectivity index (χ4v) is 2.34. The third kappa shape index (κ3) is 5.04. The molecule has 1 amide bonds. The second kappa shape index (κ2) is 7.70. The molecule has 23 heavy (non-hydrogen) atoms. The lowest BCUT2D eigenvalue weighted by atomic mass is 10.0. The number of nitrogens with one attached hydrogen (secondary N) is 1. The van der Waals surface area contributed by atoms with Gasteiger partial charge < -0.3 is 10.4 Å². The van der Waals surface area contributed by atoms with E-state index in [0.717, 1.165) is 0 Å². The molecule has 2 N–H and O–H groups in total. The van der Waals surface area contributed by atoms with Crippen LogP contribution in [0.2, 0.25) is 0 Å². The minimum absolute atomic E-state index is 0.000982. The van der Waals surface area contributed by atoms with Gasteiger partial charge in [0.1, 0.15) is 17.4 Å². The van der Waals surface area contributed by atoms with Crippen molar-refractivity contribution in [2.45, 2.75) is 53.1 Å². The van der Waals surface area contributed by atoms with E-state index in [9.17, 15) is 19.7 Å². The van der Waals surface area contributed by atoms with E-state index in [1.54, 1.807) is 6.92 Å². The van der Waals surface area contributed by atoms with Gasteiger partial charge in [-0.1, -0.05) is 13.8 Å². The molecule has 0 spiro atoms. The molecule has 1 aromatic heterocycles. The van der Waals surface area contributed by atoms with Crippen LogP contribution in [0, 0.1) is 29.9 Å². The van der Waals surface area contributed by atoms with Crippen LogP contribution in [0.1, 0.15) is 38.1 Å². The zero-order valence-corrected chi connectivity index (χ0v) is 13.7. The molecule has 1 unspecified atom stereocenters. The van der Waals surface area contributed by atoms with E-state index < -0.39 is 22.8 Å². The predicted octanol–water partition coefficient (Wildman–Crippen LogP) is 1.41. The summed E-state index contributed by atoms with van der Waals surface area (Å²) in [5.41, 5.74) is 0.599. The van der Waals surface area contributed by atoms with Crippen molar-refractivity contribution in [1.82, 2.24) is 15.1 Å². The molecular formula is C14H22N4O5. The normalized spacial score (nSPS) is 12.2. The van der Waals surface area contributed by atoms with Crippen LogP contribution >= 0.6 is 0 Å². The standard InChI is InChI=1S/C14H22N4O5/c1-8(2)7-11(14(20)21)15-12(19)5-6-17-10(4)13(18(22)23)9(3)16-17/h8,11H,5-7H2,1-4H3,(H,15,19)(H,20,21). The lowest BCUT2D eigenvalue weighted by Gasteiger charge is -2.16. The molecule has 0 aliphatic carbocycles. The van der Waals surface area contributed by atoms with Crippen LogP contribution in [0.4, 0.5) is 5.69 Å². The summed E-state index contributed by atoms with van der Waals surface area (Å²) in [7, 11) is 0. The molecular weight excluding hydrogens is 304 g/mol. The van der Waals surface area contributed by atoms with Gasteiger partial charge in [-0.15, -0.1) is 0 Å². The highest BCUT2D eigenvalue weighted by Gasteiger charge is 2.23. The number of hydrogen-bond acceptors (Lipinski definition) is 5. The molecule has 1 atom stereocenters. The van der Waals surface area contributed by atoms with Crippen molar-refractivity contribution in [2.75, 3.05) is 0 Å². The molecule has 1 rings (SSSR count). The quantitative estimate of drug-likeness (QED) is 0.549. The van der Waals surface area contributed by atoms with Crippen molar-refractivity contribution in [3.05, 3.63) is 21.5 Å². The maximum atomic E-state index is 11.9. The minimum atomic E-state index is -1.08. The summed E-state index contributed by atoms with van der Waals surface area (Å²) in [6.07, 6.45) is 0.341. The van der Waals surface area contributed by atoms with E-state index in [1.807, 2.05) is 13.8 Å². The number of aryl methyl sites for hydroxylation is 2. The van der Waals surface area contributed by atoms with Crippen molar-refractivity contribution < 1.29 is 19.6 Å². The van der Waals surface area contributed by atoms with E-state index in [2.05, 4.69) is 10.4 Å². The fourth-order valence-electron chi connectivity index (χ4n) is 2.34. The number of aliphatic carboxylic acids is 1. The van der Waals surface area contributed by atoms with Crippen LogP contribution < -0.4 is 5.32 Å². The first kappa shape index (κ1) is 18.6. The number of carboxylic acids is 1. The molecule has 0 aliphatic heterocycles. The first-order valence-electron chi connectivity index (χ1n) is 7.34. The Balaban J connectivity index is 2.68. The summed E-state index contributed by atoms with van der Waals surface area (Å²) in [5, 5.41) is 26.5. The maximum absolute atomic E-state index is 11.9. The van der Waals surface area contributed by atoms with Gasteiger partial charge in [-0.25, -0.2) is 4.79 Å². The van der Waals surface area contributed by atoms with E-state index in [1.165, 1.54) is 11.6 Å². The predicted molar refractivity (Wildman–Crippen MR) is 82.0 cm³/mol. The molecule has 1 heterocycles. The molecule has 0 radical (unpaired) electrons. The van der Waals surface area contributed by atoms with Gasteiger partial charge in [-0.05, 0) is 26.2 Å². The van der Waals surface area contributed by atoms with Gasteiger partial charge in [0.2, 0.25) is 5.91 Å². The number of nitro groups is 1. The first-order chi connectivity index (χ1) is 10.6. The van der Waals surface area contributed by atoms with Crippen LogP contribution in [-0.4, -0.2) is 37.7 Å². The van der Waals surface area contributed by atoms with Crippen LogP contribution in [-0.2, 0) is 16.1 Å². The molecule has 0 bridgehead atoms.